The van der Waals surface area contributed by atoms with Gasteiger partial charge in [0.15, 0.2) is 0 Å². The lowest BCUT2D eigenvalue weighted by Gasteiger charge is -1.71. The molecule has 0 radical (unpaired) electrons. The zero-order valence-corrected chi connectivity index (χ0v) is 4.70. The first-order valence-corrected chi connectivity index (χ1v) is 1.67. The third-order valence-corrected chi connectivity index (χ3v) is 0. The Labute approximate surface area is 48.3 Å². The van der Waals surface area contributed by atoms with Gasteiger partial charge in [-0.3, -0.25) is 0 Å². The summed E-state index contributed by atoms with van der Waals surface area (Å²) < 4.78 is 0. The molecule has 0 heterocycles. The fourth-order valence-corrected chi connectivity index (χ4v) is 0. The van der Waals surface area contributed by atoms with E-state index in [9.17, 15) is 0 Å². The Hall–Kier alpha value is -0.675. The van der Waals surface area contributed by atoms with Crippen LogP contribution in [0.1, 0.15) is 0 Å². The summed E-state index contributed by atoms with van der Waals surface area (Å²) in [6.07, 6.45) is 0. The molecule has 0 saturated heterocycles. The number of carbonyl (C=O) groups excluding carboxylic acids is 2. The van der Waals surface area contributed by atoms with Gasteiger partial charge in [0.05, 0.1) is 0 Å². The van der Waals surface area contributed by atoms with Gasteiger partial charge in [-0.15, -0.1) is 0 Å². The molecular weight excluding hydrogens is 111 g/mol. The van der Waals surface area contributed by atoms with Crippen LogP contribution in [0.25, 0.3) is 0 Å². The summed E-state index contributed by atoms with van der Waals surface area (Å²) in [5.41, 5.74) is 0. The van der Waals surface area contributed by atoms with Crippen LogP contribution in [0.4, 0.5) is 0 Å². The minimum atomic E-state index is -1.17. The van der Waals surface area contributed by atoms with E-state index in [1.54, 1.807) is 0 Å². The highest BCUT2D eigenvalue weighted by atomic mass is 16.4. The van der Waals surface area contributed by atoms with E-state index in [4.69, 9.17) is 19.6 Å². The number of carbonyl (C=O) groups is 2. The van der Waals surface area contributed by atoms with E-state index >= 15 is 0 Å². The summed E-state index contributed by atoms with van der Waals surface area (Å²) in [5, 5.41) is 15.2. The second-order valence-electron chi connectivity index (χ2n) is 0.632. The highest BCUT2D eigenvalue weighted by Gasteiger charge is 1.86. The topological polar surface area (TPSA) is 74.6 Å². The number of hydrogen-bond donors (Lipinski definition) is 2. The highest BCUT2D eigenvalue weighted by Crippen LogP contribution is 1.51. The molecular formula is C3H9BO4. The average molecular weight is 120 g/mol. The molecule has 0 aromatic heterocycles. The summed E-state index contributed by atoms with van der Waals surface area (Å²) >= 11 is 0. The Morgan fingerprint density at radius 2 is 1.12 bits per heavy atom. The Balaban J connectivity index is -0.0000000542. The van der Waals surface area contributed by atoms with E-state index in [0.717, 1.165) is 0 Å². The van der Waals surface area contributed by atoms with Crippen molar-refractivity contribution in [3.8, 4) is 0 Å². The van der Waals surface area contributed by atoms with Crippen LogP contribution in [0.15, 0.2) is 0 Å². The minimum absolute atomic E-state index is 1.17. The molecule has 0 amide bonds. The van der Waals surface area contributed by atoms with Crippen molar-refractivity contribution in [2.75, 3.05) is 0 Å². The van der Waals surface area contributed by atoms with Gasteiger partial charge in [-0.25, -0.2) is 0 Å². The third-order valence-electron chi connectivity index (χ3n) is 0. The van der Waals surface area contributed by atoms with Crippen LogP contribution in [-0.2, 0) is 9.59 Å². The molecule has 0 aliphatic carbocycles. The lowest BCUT2D eigenvalue weighted by atomic mass is 9.99. The average Bonchev–Trinajstić information content (AvgIpc) is 1.75. The zero-order valence-electron chi connectivity index (χ0n) is 4.70. The molecule has 0 aliphatic rings. The van der Waals surface area contributed by atoms with Crippen LogP contribution in [0.2, 0.25) is 6.82 Å². The molecule has 0 saturated carbocycles. The van der Waals surface area contributed by atoms with Crippen molar-refractivity contribution in [1.82, 2.24) is 0 Å². The van der Waals surface area contributed by atoms with Crippen molar-refractivity contribution in [2.24, 2.45) is 0 Å². The van der Waals surface area contributed by atoms with Crippen LogP contribution >= 0.6 is 0 Å². The van der Waals surface area contributed by atoms with Crippen molar-refractivity contribution in [3.05, 3.63) is 0 Å². The lowest BCUT2D eigenvalue weighted by Crippen LogP contribution is -2.00. The lowest BCUT2D eigenvalue weighted by molar-refractivity contribution is -0.0987. The smallest absolute Gasteiger partial charge is 0.427 e. The molecule has 0 aliphatic heterocycles. The molecule has 48 valence electrons. The van der Waals surface area contributed by atoms with Crippen molar-refractivity contribution >= 4 is 20.7 Å². The van der Waals surface area contributed by atoms with E-state index in [2.05, 4.69) is 0 Å². The SMILES string of the molecule is C=O.C=O.CB(O)O. The van der Waals surface area contributed by atoms with Crippen LogP contribution in [-0.4, -0.2) is 30.7 Å². The predicted octanol–water partition coefficient (Wildman–Crippen LogP) is -1.28. The van der Waals surface area contributed by atoms with E-state index in [0.29, 0.717) is 0 Å². The Bertz CT molecular complexity index is 27.7. The molecule has 0 aromatic rings. The fraction of sp³-hybridized carbons (Fsp3) is 0.333. The van der Waals surface area contributed by atoms with Gasteiger partial charge < -0.3 is 19.6 Å². The second kappa shape index (κ2) is 33.2. The van der Waals surface area contributed by atoms with E-state index in [1.807, 2.05) is 13.6 Å². The van der Waals surface area contributed by atoms with Crippen LogP contribution in [0.3, 0.4) is 0 Å². The monoisotopic (exact) mass is 120 g/mol. The van der Waals surface area contributed by atoms with Crippen molar-refractivity contribution in [2.45, 2.75) is 6.82 Å². The maximum Gasteiger partial charge on any atom is 0.448 e. The van der Waals surface area contributed by atoms with Gasteiger partial charge in [0, 0.05) is 0 Å². The Morgan fingerprint density at radius 1 is 1.12 bits per heavy atom. The molecule has 0 spiro atoms. The molecule has 0 aromatic carbocycles. The maximum atomic E-state index is 8.00. The molecule has 0 unspecified atom stereocenters. The predicted molar refractivity (Wildman–Crippen MR) is 30.3 cm³/mol. The van der Waals surface area contributed by atoms with Gasteiger partial charge in [0.1, 0.15) is 13.6 Å². The molecule has 4 nitrogen and oxygen atoms in total. The first-order valence-electron chi connectivity index (χ1n) is 1.67. The molecule has 8 heavy (non-hydrogen) atoms. The zero-order chi connectivity index (χ0) is 7.58. The second-order valence-corrected chi connectivity index (χ2v) is 0.632. The minimum Gasteiger partial charge on any atom is -0.427 e. The van der Waals surface area contributed by atoms with Crippen LogP contribution < -0.4 is 0 Å². The van der Waals surface area contributed by atoms with Crippen molar-refractivity contribution in [1.29, 1.82) is 0 Å². The summed E-state index contributed by atoms with van der Waals surface area (Å²) in [6.45, 7) is 5.28. The largest absolute Gasteiger partial charge is 0.448 e. The van der Waals surface area contributed by atoms with Gasteiger partial charge in [0.2, 0.25) is 0 Å². The van der Waals surface area contributed by atoms with Crippen molar-refractivity contribution < 1.29 is 19.6 Å². The fourth-order valence-electron chi connectivity index (χ4n) is 0. The van der Waals surface area contributed by atoms with E-state index in [1.165, 1.54) is 6.82 Å². The van der Waals surface area contributed by atoms with Gasteiger partial charge in [-0.2, -0.15) is 0 Å². The van der Waals surface area contributed by atoms with Crippen molar-refractivity contribution in [3.63, 3.8) is 0 Å². The van der Waals surface area contributed by atoms with Gasteiger partial charge in [-0.05, 0) is 6.82 Å². The normalized spacial score (nSPS) is 4.38. The van der Waals surface area contributed by atoms with E-state index < -0.39 is 7.12 Å². The molecule has 0 atom stereocenters. The van der Waals surface area contributed by atoms with Crippen LogP contribution in [0, 0.1) is 0 Å². The maximum absolute atomic E-state index is 8.00. The molecule has 5 heteroatoms. The molecule has 2 N–H and O–H groups in total. The van der Waals surface area contributed by atoms with E-state index in [-0.39, 0.29) is 0 Å². The number of rotatable bonds is 0. The first kappa shape index (κ1) is 15.7. The molecule has 0 rings (SSSR count). The Kier molecular flexibility index (Phi) is 65.0. The third kappa shape index (κ3) is 219. The summed E-state index contributed by atoms with van der Waals surface area (Å²) in [7, 11) is -1.17. The standard InChI is InChI=1S/CH5BO2.2CH2O/c1-2(3)4;2*1-2/h3-4H,1H3;2*1H2. The summed E-state index contributed by atoms with van der Waals surface area (Å²) in [6, 6.07) is 0. The van der Waals surface area contributed by atoms with Gasteiger partial charge in [0.25, 0.3) is 0 Å². The van der Waals surface area contributed by atoms with Crippen LogP contribution in [0.5, 0.6) is 0 Å². The quantitative estimate of drug-likeness (QED) is 0.390. The summed E-state index contributed by atoms with van der Waals surface area (Å²) in [4.78, 5) is 16.0. The Morgan fingerprint density at radius 3 is 1.12 bits per heavy atom. The summed E-state index contributed by atoms with van der Waals surface area (Å²) in [5.74, 6) is 0. The van der Waals surface area contributed by atoms with Gasteiger partial charge >= 0.3 is 7.12 Å². The van der Waals surface area contributed by atoms with Gasteiger partial charge in [-0.1, -0.05) is 0 Å². The number of hydrogen-bond acceptors (Lipinski definition) is 4. The molecule has 0 fully saturated rings. The highest BCUT2D eigenvalue weighted by molar-refractivity contribution is 6.38. The first-order chi connectivity index (χ1) is 3.73. The molecule has 0 bridgehead atoms.